The number of hydrogen-bond donors (Lipinski definition) is 0. The summed E-state index contributed by atoms with van der Waals surface area (Å²) in [5.41, 5.74) is 2.36. The van der Waals surface area contributed by atoms with Crippen LogP contribution in [0.3, 0.4) is 0 Å². The maximum Gasteiger partial charge on any atom is 0.255 e. The molecule has 0 aliphatic rings. The van der Waals surface area contributed by atoms with Gasteiger partial charge in [-0.05, 0) is 24.6 Å². The van der Waals surface area contributed by atoms with E-state index >= 15 is 0 Å². The number of pyridine rings is 1. The molecule has 0 bridgehead atoms. The maximum atomic E-state index is 12.1. The highest BCUT2D eigenvalue weighted by Gasteiger charge is 2.07. The lowest BCUT2D eigenvalue weighted by Crippen LogP contribution is -2.21. The van der Waals surface area contributed by atoms with E-state index in [0.29, 0.717) is 12.2 Å². The Morgan fingerprint density at radius 2 is 2.05 bits per heavy atom. The predicted molar refractivity (Wildman–Crippen MR) is 82.5 cm³/mol. The molecule has 1 heterocycles. The Morgan fingerprint density at radius 1 is 1.25 bits per heavy atom. The smallest absolute Gasteiger partial charge is 0.255 e. The molecular weight excluding hydrogens is 274 g/mol. The van der Waals surface area contributed by atoms with Crippen LogP contribution in [0.25, 0.3) is 11.3 Å². The Kier molecular flexibility index (Phi) is 4.85. The molecular formula is C16H18ClNO2. The first kappa shape index (κ1) is 14.7. The van der Waals surface area contributed by atoms with Crippen LogP contribution in [0.1, 0.15) is 18.9 Å². The molecule has 0 aliphatic heterocycles. The monoisotopic (exact) mass is 291 g/mol. The van der Waals surface area contributed by atoms with Crippen LogP contribution in [0.15, 0.2) is 41.2 Å². The van der Waals surface area contributed by atoms with E-state index in [9.17, 15) is 4.79 Å². The van der Waals surface area contributed by atoms with Crippen molar-refractivity contribution in [3.05, 3.63) is 52.3 Å². The van der Waals surface area contributed by atoms with Crippen molar-refractivity contribution in [2.24, 2.45) is 7.05 Å². The first-order valence-corrected chi connectivity index (χ1v) is 7.19. The lowest BCUT2D eigenvalue weighted by molar-refractivity contribution is 0.317. The molecule has 1 aromatic carbocycles. The summed E-state index contributed by atoms with van der Waals surface area (Å²) in [5, 5.41) is 0. The molecule has 0 radical (unpaired) electrons. The van der Waals surface area contributed by atoms with Crippen LogP contribution in [0.4, 0.5) is 0 Å². The summed E-state index contributed by atoms with van der Waals surface area (Å²) < 4.78 is 7.25. The molecule has 0 unspecified atom stereocenters. The van der Waals surface area contributed by atoms with E-state index in [1.165, 1.54) is 0 Å². The summed E-state index contributed by atoms with van der Waals surface area (Å²) in [6, 6.07) is 11.5. The number of aromatic nitrogens is 1. The lowest BCUT2D eigenvalue weighted by atomic mass is 10.1. The van der Waals surface area contributed by atoms with Crippen molar-refractivity contribution in [2.75, 3.05) is 6.61 Å². The van der Waals surface area contributed by atoms with E-state index in [2.05, 4.69) is 6.92 Å². The Bertz CT molecular complexity index is 649. The highest BCUT2D eigenvalue weighted by atomic mass is 35.5. The van der Waals surface area contributed by atoms with E-state index in [1.54, 1.807) is 17.7 Å². The van der Waals surface area contributed by atoms with Crippen molar-refractivity contribution in [2.45, 2.75) is 19.2 Å². The summed E-state index contributed by atoms with van der Waals surface area (Å²) in [4.78, 5) is 12.1. The zero-order chi connectivity index (χ0) is 14.5. The summed E-state index contributed by atoms with van der Waals surface area (Å²) >= 11 is 5.75. The fraction of sp³-hybridized carbons (Fsp3) is 0.312. The van der Waals surface area contributed by atoms with Crippen molar-refractivity contribution >= 4 is 11.6 Å². The van der Waals surface area contributed by atoms with Crippen molar-refractivity contribution < 1.29 is 4.74 Å². The number of nitrogens with zero attached hydrogens (tertiary/aromatic N) is 1. The quantitative estimate of drug-likeness (QED) is 0.789. The molecule has 0 spiro atoms. The SMILES string of the molecule is CCCOc1cccc(-c2ccc(CCl)c(=O)n2C)c1. The zero-order valence-electron chi connectivity index (χ0n) is 11.7. The van der Waals surface area contributed by atoms with E-state index < -0.39 is 0 Å². The van der Waals surface area contributed by atoms with Gasteiger partial charge in [0.15, 0.2) is 0 Å². The third kappa shape index (κ3) is 3.05. The van der Waals surface area contributed by atoms with E-state index in [-0.39, 0.29) is 11.4 Å². The molecule has 4 heteroatoms. The second-order valence-electron chi connectivity index (χ2n) is 4.62. The minimum atomic E-state index is -0.0580. The van der Waals surface area contributed by atoms with Gasteiger partial charge in [-0.1, -0.05) is 25.1 Å². The van der Waals surface area contributed by atoms with Crippen molar-refractivity contribution in [3.63, 3.8) is 0 Å². The summed E-state index contributed by atoms with van der Waals surface area (Å²) in [6.07, 6.45) is 0.965. The van der Waals surface area contributed by atoms with Gasteiger partial charge in [0.2, 0.25) is 0 Å². The minimum absolute atomic E-state index is 0.0580. The summed E-state index contributed by atoms with van der Waals surface area (Å²) in [5.74, 6) is 1.05. The van der Waals surface area contributed by atoms with Gasteiger partial charge in [0, 0.05) is 18.2 Å². The molecule has 0 aliphatic carbocycles. The second kappa shape index (κ2) is 6.62. The van der Waals surface area contributed by atoms with Gasteiger partial charge in [0.25, 0.3) is 5.56 Å². The van der Waals surface area contributed by atoms with Crippen LogP contribution in [-0.4, -0.2) is 11.2 Å². The number of ether oxygens (including phenoxy) is 1. The molecule has 0 saturated carbocycles. The number of halogens is 1. The van der Waals surface area contributed by atoms with Gasteiger partial charge in [-0.15, -0.1) is 11.6 Å². The molecule has 0 saturated heterocycles. The number of hydrogen-bond acceptors (Lipinski definition) is 2. The molecule has 0 N–H and O–H groups in total. The Labute approximate surface area is 123 Å². The van der Waals surface area contributed by atoms with Crippen LogP contribution >= 0.6 is 11.6 Å². The van der Waals surface area contributed by atoms with Crippen molar-refractivity contribution in [3.8, 4) is 17.0 Å². The molecule has 0 fully saturated rings. The Hall–Kier alpha value is -1.74. The third-order valence-corrected chi connectivity index (χ3v) is 3.42. The standard InChI is InChI=1S/C16H18ClNO2/c1-3-9-20-14-6-4-5-12(10-14)15-8-7-13(11-17)16(19)18(15)2/h4-8,10H,3,9,11H2,1-2H3. The molecule has 0 amide bonds. The average Bonchev–Trinajstić information content (AvgIpc) is 2.48. The molecule has 3 nitrogen and oxygen atoms in total. The maximum absolute atomic E-state index is 12.1. The number of rotatable bonds is 5. The second-order valence-corrected chi connectivity index (χ2v) is 4.89. The summed E-state index contributed by atoms with van der Waals surface area (Å²) in [7, 11) is 1.76. The molecule has 106 valence electrons. The van der Waals surface area contributed by atoms with Crippen molar-refractivity contribution in [1.29, 1.82) is 0 Å². The van der Waals surface area contributed by atoms with Crippen molar-refractivity contribution in [1.82, 2.24) is 4.57 Å². The Balaban J connectivity index is 2.41. The van der Waals surface area contributed by atoms with Gasteiger partial charge >= 0.3 is 0 Å². The number of alkyl halides is 1. The molecule has 2 rings (SSSR count). The van der Waals surface area contributed by atoms with E-state index in [4.69, 9.17) is 16.3 Å². The normalized spacial score (nSPS) is 10.6. The van der Waals surface area contributed by atoms with Crippen LogP contribution in [-0.2, 0) is 12.9 Å². The largest absolute Gasteiger partial charge is 0.494 e. The van der Waals surface area contributed by atoms with Gasteiger partial charge in [-0.25, -0.2) is 0 Å². The van der Waals surface area contributed by atoms with Crippen LogP contribution in [0.5, 0.6) is 5.75 Å². The minimum Gasteiger partial charge on any atom is -0.494 e. The van der Waals surface area contributed by atoms with E-state index in [1.807, 2.05) is 30.3 Å². The lowest BCUT2D eigenvalue weighted by Gasteiger charge is -2.11. The third-order valence-electron chi connectivity index (χ3n) is 3.13. The fourth-order valence-electron chi connectivity index (χ4n) is 2.04. The molecule has 1 aromatic heterocycles. The van der Waals surface area contributed by atoms with Gasteiger partial charge in [0.05, 0.1) is 18.2 Å². The first-order valence-electron chi connectivity index (χ1n) is 6.65. The molecule has 20 heavy (non-hydrogen) atoms. The van der Waals surface area contributed by atoms with E-state index in [0.717, 1.165) is 23.4 Å². The van der Waals surface area contributed by atoms with Gasteiger partial charge in [-0.3, -0.25) is 4.79 Å². The fourth-order valence-corrected chi connectivity index (χ4v) is 2.25. The summed E-state index contributed by atoms with van der Waals surface area (Å²) in [6.45, 7) is 2.76. The first-order chi connectivity index (χ1) is 9.67. The van der Waals surface area contributed by atoms with Gasteiger partial charge < -0.3 is 9.30 Å². The van der Waals surface area contributed by atoms with Crippen LogP contribution < -0.4 is 10.3 Å². The zero-order valence-corrected chi connectivity index (χ0v) is 12.5. The van der Waals surface area contributed by atoms with Gasteiger partial charge in [0.1, 0.15) is 5.75 Å². The average molecular weight is 292 g/mol. The van der Waals surface area contributed by atoms with Crippen LogP contribution in [0.2, 0.25) is 0 Å². The van der Waals surface area contributed by atoms with Crippen LogP contribution in [0, 0.1) is 0 Å². The molecule has 2 aromatic rings. The van der Waals surface area contributed by atoms with Gasteiger partial charge in [-0.2, -0.15) is 0 Å². The highest BCUT2D eigenvalue weighted by Crippen LogP contribution is 2.23. The topological polar surface area (TPSA) is 31.2 Å². The Morgan fingerprint density at radius 3 is 2.75 bits per heavy atom. The number of benzene rings is 1. The highest BCUT2D eigenvalue weighted by molar-refractivity contribution is 6.17. The molecule has 0 atom stereocenters. The predicted octanol–water partition coefficient (Wildman–Crippen LogP) is 3.58.